The third-order valence-electron chi connectivity index (χ3n) is 4.45. The summed E-state index contributed by atoms with van der Waals surface area (Å²) in [6.45, 7) is 0.353. The summed E-state index contributed by atoms with van der Waals surface area (Å²) in [6, 6.07) is 22.5. The van der Waals surface area contributed by atoms with Gasteiger partial charge in [0.25, 0.3) is 5.56 Å². The van der Waals surface area contributed by atoms with Gasteiger partial charge in [0.15, 0.2) is 5.16 Å². The maximum absolute atomic E-state index is 13.3. The largest absolute Gasteiger partial charge is 0.325 e. The van der Waals surface area contributed by atoms with Gasteiger partial charge in [0.2, 0.25) is 5.91 Å². The SMILES string of the molecule is O=C(CSc1nc2ccccc2c(=O)n1Cc1ccccc1)Nc1cccc(F)c1. The maximum atomic E-state index is 13.3. The zero-order chi connectivity index (χ0) is 20.9. The second-order valence-electron chi connectivity index (χ2n) is 6.64. The van der Waals surface area contributed by atoms with Gasteiger partial charge in [0.05, 0.1) is 23.2 Å². The van der Waals surface area contributed by atoms with E-state index in [0.29, 0.717) is 28.3 Å². The van der Waals surface area contributed by atoms with Crippen LogP contribution in [0.2, 0.25) is 0 Å². The molecule has 0 aliphatic rings. The lowest BCUT2D eigenvalue weighted by Crippen LogP contribution is -2.24. The first kappa shape index (κ1) is 19.8. The number of thioether (sulfide) groups is 1. The lowest BCUT2D eigenvalue weighted by atomic mass is 10.2. The highest BCUT2D eigenvalue weighted by molar-refractivity contribution is 7.99. The molecule has 0 bridgehead atoms. The Balaban J connectivity index is 1.61. The Labute approximate surface area is 176 Å². The summed E-state index contributed by atoms with van der Waals surface area (Å²) < 4.78 is 14.9. The molecule has 0 saturated heterocycles. The smallest absolute Gasteiger partial charge is 0.262 e. The molecule has 0 spiro atoms. The van der Waals surface area contributed by atoms with Crippen molar-refractivity contribution in [3.63, 3.8) is 0 Å². The number of para-hydroxylation sites is 1. The van der Waals surface area contributed by atoms with Crippen LogP contribution in [0.1, 0.15) is 5.56 Å². The Kier molecular flexibility index (Phi) is 5.90. The van der Waals surface area contributed by atoms with Crippen molar-refractivity contribution in [2.75, 3.05) is 11.1 Å². The van der Waals surface area contributed by atoms with Crippen LogP contribution in [0.4, 0.5) is 10.1 Å². The number of carbonyl (C=O) groups is 1. The van der Waals surface area contributed by atoms with Crippen LogP contribution in [0.15, 0.2) is 88.8 Å². The first-order valence-electron chi connectivity index (χ1n) is 9.32. The van der Waals surface area contributed by atoms with Crippen LogP contribution < -0.4 is 10.9 Å². The Hall–Kier alpha value is -3.45. The first-order chi connectivity index (χ1) is 14.6. The molecule has 150 valence electrons. The molecule has 30 heavy (non-hydrogen) atoms. The van der Waals surface area contributed by atoms with Gasteiger partial charge < -0.3 is 5.32 Å². The zero-order valence-electron chi connectivity index (χ0n) is 15.9. The van der Waals surface area contributed by atoms with E-state index in [0.717, 1.165) is 5.56 Å². The normalized spacial score (nSPS) is 10.8. The van der Waals surface area contributed by atoms with Gasteiger partial charge in [0, 0.05) is 5.69 Å². The van der Waals surface area contributed by atoms with Crippen LogP contribution in [-0.4, -0.2) is 21.2 Å². The summed E-state index contributed by atoms with van der Waals surface area (Å²) in [5, 5.41) is 3.64. The molecule has 1 heterocycles. The monoisotopic (exact) mass is 419 g/mol. The molecule has 0 fully saturated rings. The average molecular weight is 419 g/mol. The van der Waals surface area contributed by atoms with Gasteiger partial charge in [-0.05, 0) is 35.9 Å². The van der Waals surface area contributed by atoms with E-state index in [9.17, 15) is 14.0 Å². The number of halogens is 1. The van der Waals surface area contributed by atoms with Crippen molar-refractivity contribution < 1.29 is 9.18 Å². The average Bonchev–Trinajstić information content (AvgIpc) is 2.75. The summed E-state index contributed by atoms with van der Waals surface area (Å²) in [7, 11) is 0. The Morgan fingerprint density at radius 3 is 2.57 bits per heavy atom. The van der Waals surface area contributed by atoms with Crippen LogP contribution in [0.3, 0.4) is 0 Å². The Morgan fingerprint density at radius 2 is 1.77 bits per heavy atom. The number of anilines is 1. The number of benzene rings is 3. The number of hydrogen-bond acceptors (Lipinski definition) is 4. The number of nitrogens with one attached hydrogen (secondary N) is 1. The summed E-state index contributed by atoms with van der Waals surface area (Å²) >= 11 is 1.17. The third kappa shape index (κ3) is 4.58. The second kappa shape index (κ2) is 8.92. The second-order valence-corrected chi connectivity index (χ2v) is 7.58. The molecule has 1 aromatic heterocycles. The third-order valence-corrected chi connectivity index (χ3v) is 5.43. The number of amides is 1. The van der Waals surface area contributed by atoms with E-state index in [1.165, 1.54) is 30.0 Å². The summed E-state index contributed by atoms with van der Waals surface area (Å²) in [4.78, 5) is 30.1. The van der Waals surface area contributed by atoms with Crippen molar-refractivity contribution in [1.82, 2.24) is 9.55 Å². The molecule has 0 aliphatic heterocycles. The number of carbonyl (C=O) groups excluding carboxylic acids is 1. The molecule has 0 radical (unpaired) electrons. The predicted molar refractivity (Wildman–Crippen MR) is 117 cm³/mol. The Morgan fingerprint density at radius 1 is 1.00 bits per heavy atom. The molecule has 3 aromatic carbocycles. The van der Waals surface area contributed by atoms with E-state index in [2.05, 4.69) is 10.3 Å². The van der Waals surface area contributed by atoms with E-state index < -0.39 is 5.82 Å². The zero-order valence-corrected chi connectivity index (χ0v) is 16.7. The number of fused-ring (bicyclic) bond motifs is 1. The van der Waals surface area contributed by atoms with Crippen molar-refractivity contribution in [1.29, 1.82) is 0 Å². The molecule has 0 unspecified atom stereocenters. The molecule has 5 nitrogen and oxygen atoms in total. The lowest BCUT2D eigenvalue weighted by Gasteiger charge is -2.13. The number of hydrogen-bond donors (Lipinski definition) is 1. The summed E-state index contributed by atoms with van der Waals surface area (Å²) in [5.41, 5.74) is 1.77. The van der Waals surface area contributed by atoms with Gasteiger partial charge in [-0.3, -0.25) is 14.2 Å². The first-order valence-corrected chi connectivity index (χ1v) is 10.3. The quantitative estimate of drug-likeness (QED) is 0.374. The molecule has 0 saturated carbocycles. The minimum absolute atomic E-state index is 0.0378. The van der Waals surface area contributed by atoms with Crippen molar-refractivity contribution in [3.05, 3.63) is 101 Å². The number of nitrogens with zero attached hydrogens (tertiary/aromatic N) is 2. The molecule has 0 aliphatic carbocycles. The molecule has 4 rings (SSSR count). The number of aromatic nitrogens is 2. The molecule has 7 heteroatoms. The van der Waals surface area contributed by atoms with Crippen molar-refractivity contribution >= 4 is 34.3 Å². The molecule has 0 atom stereocenters. The van der Waals surface area contributed by atoms with Gasteiger partial charge in [0.1, 0.15) is 5.82 Å². The van der Waals surface area contributed by atoms with Crippen LogP contribution in [0.5, 0.6) is 0 Å². The van der Waals surface area contributed by atoms with E-state index >= 15 is 0 Å². The Bertz CT molecular complexity index is 1260. The number of rotatable bonds is 6. The molecule has 1 N–H and O–H groups in total. The van der Waals surface area contributed by atoms with Gasteiger partial charge in [-0.25, -0.2) is 9.37 Å². The minimum Gasteiger partial charge on any atom is -0.325 e. The molecule has 1 amide bonds. The van der Waals surface area contributed by atoms with Gasteiger partial charge in [-0.15, -0.1) is 0 Å². The van der Waals surface area contributed by atoms with Crippen LogP contribution in [0.25, 0.3) is 10.9 Å². The van der Waals surface area contributed by atoms with Crippen molar-refractivity contribution in [3.8, 4) is 0 Å². The summed E-state index contributed by atoms with van der Waals surface area (Å²) in [6.07, 6.45) is 0. The van der Waals surface area contributed by atoms with E-state index in [1.807, 2.05) is 36.4 Å². The van der Waals surface area contributed by atoms with Crippen molar-refractivity contribution in [2.45, 2.75) is 11.7 Å². The highest BCUT2D eigenvalue weighted by atomic mass is 32.2. The van der Waals surface area contributed by atoms with E-state index in [1.54, 1.807) is 28.8 Å². The lowest BCUT2D eigenvalue weighted by molar-refractivity contribution is -0.113. The fourth-order valence-electron chi connectivity index (χ4n) is 3.06. The standard InChI is InChI=1S/C23H18FN3O2S/c24-17-9-6-10-18(13-17)25-21(28)15-30-23-26-20-12-5-4-11-19(20)22(29)27(23)14-16-7-2-1-3-8-16/h1-13H,14-15H2,(H,25,28). The summed E-state index contributed by atoms with van der Waals surface area (Å²) in [5.74, 6) is -0.691. The fourth-order valence-corrected chi connectivity index (χ4v) is 3.86. The maximum Gasteiger partial charge on any atom is 0.262 e. The van der Waals surface area contributed by atoms with Gasteiger partial charge >= 0.3 is 0 Å². The van der Waals surface area contributed by atoms with E-state index in [4.69, 9.17) is 0 Å². The highest BCUT2D eigenvalue weighted by Crippen LogP contribution is 2.20. The van der Waals surface area contributed by atoms with Crippen LogP contribution in [-0.2, 0) is 11.3 Å². The molecular weight excluding hydrogens is 401 g/mol. The molecular formula is C23H18FN3O2S. The van der Waals surface area contributed by atoms with Gasteiger partial charge in [-0.1, -0.05) is 60.3 Å². The van der Waals surface area contributed by atoms with Crippen LogP contribution >= 0.6 is 11.8 Å². The van der Waals surface area contributed by atoms with E-state index in [-0.39, 0.29) is 17.2 Å². The van der Waals surface area contributed by atoms with Crippen molar-refractivity contribution in [2.24, 2.45) is 0 Å². The highest BCUT2D eigenvalue weighted by Gasteiger charge is 2.14. The topological polar surface area (TPSA) is 64.0 Å². The van der Waals surface area contributed by atoms with Gasteiger partial charge in [-0.2, -0.15) is 0 Å². The minimum atomic E-state index is -0.423. The predicted octanol–water partition coefficient (Wildman–Crippen LogP) is 4.31. The fraction of sp³-hybridized carbons (Fsp3) is 0.0870. The van der Waals surface area contributed by atoms with Crippen LogP contribution in [0, 0.1) is 5.82 Å². The molecule has 4 aromatic rings.